The van der Waals surface area contributed by atoms with E-state index < -0.39 is 0 Å². The molecule has 0 radical (unpaired) electrons. The van der Waals surface area contributed by atoms with Gasteiger partial charge in [-0.25, -0.2) is 4.98 Å². The van der Waals surface area contributed by atoms with E-state index in [2.05, 4.69) is 14.9 Å². The number of ether oxygens (including phenoxy) is 2. The van der Waals surface area contributed by atoms with Crippen LogP contribution in [-0.4, -0.2) is 47.3 Å². The number of likely N-dealkylation sites (tertiary alicyclic amines) is 1. The number of fused-ring (bicyclic) bond motifs is 1. The van der Waals surface area contributed by atoms with Crippen LogP contribution >= 0.6 is 0 Å². The van der Waals surface area contributed by atoms with E-state index >= 15 is 0 Å². The number of aromatic nitrogens is 2. The summed E-state index contributed by atoms with van der Waals surface area (Å²) in [7, 11) is 1.76. The van der Waals surface area contributed by atoms with Crippen LogP contribution in [-0.2, 0) is 11.3 Å². The Balaban J connectivity index is 1.45. The summed E-state index contributed by atoms with van der Waals surface area (Å²) in [6, 6.07) is 11.9. The topological polar surface area (TPSA) is 60.6 Å². The van der Waals surface area contributed by atoms with Crippen LogP contribution in [0.1, 0.15) is 12.3 Å². The molecule has 1 saturated heterocycles. The van der Waals surface area contributed by atoms with Crippen LogP contribution in [0.15, 0.2) is 53.2 Å². The maximum atomic E-state index is 5.90. The first-order valence-corrected chi connectivity index (χ1v) is 8.46. The van der Waals surface area contributed by atoms with E-state index in [-0.39, 0.29) is 12.1 Å². The van der Waals surface area contributed by atoms with Gasteiger partial charge in [-0.15, -0.1) is 0 Å². The lowest BCUT2D eigenvalue weighted by atomic mass is 10.2. The molecule has 0 bridgehead atoms. The maximum Gasteiger partial charge on any atom is 0.209 e. The van der Waals surface area contributed by atoms with Crippen molar-refractivity contribution in [1.82, 2.24) is 14.9 Å². The number of benzene rings is 1. The zero-order chi connectivity index (χ0) is 17.1. The molecule has 3 heterocycles. The van der Waals surface area contributed by atoms with Gasteiger partial charge >= 0.3 is 0 Å². The van der Waals surface area contributed by atoms with E-state index in [0.29, 0.717) is 13.2 Å². The Labute approximate surface area is 146 Å². The highest BCUT2D eigenvalue weighted by Crippen LogP contribution is 2.24. The molecule has 2 aromatic heterocycles. The van der Waals surface area contributed by atoms with Crippen LogP contribution in [0.2, 0.25) is 0 Å². The summed E-state index contributed by atoms with van der Waals surface area (Å²) in [6.07, 6.45) is 4.60. The molecule has 1 aliphatic heterocycles. The van der Waals surface area contributed by atoms with Crippen LogP contribution in [0.3, 0.4) is 0 Å². The molecule has 1 aromatic carbocycles. The van der Waals surface area contributed by atoms with E-state index in [1.165, 1.54) is 0 Å². The van der Waals surface area contributed by atoms with Crippen LogP contribution < -0.4 is 4.74 Å². The molecule has 1 aliphatic rings. The van der Waals surface area contributed by atoms with E-state index in [0.717, 1.165) is 35.7 Å². The number of hydrogen-bond acceptors (Lipinski definition) is 6. The normalized spacial score (nSPS) is 21.0. The Bertz CT molecular complexity index is 788. The molecular weight excluding hydrogens is 318 g/mol. The average molecular weight is 339 g/mol. The molecule has 25 heavy (non-hydrogen) atoms. The molecule has 0 unspecified atom stereocenters. The lowest BCUT2D eigenvalue weighted by Crippen LogP contribution is -2.34. The third-order valence-electron chi connectivity index (χ3n) is 4.58. The van der Waals surface area contributed by atoms with Crippen molar-refractivity contribution in [1.29, 1.82) is 0 Å². The van der Waals surface area contributed by atoms with Crippen molar-refractivity contribution < 1.29 is 13.9 Å². The minimum absolute atomic E-state index is 0.201. The smallest absolute Gasteiger partial charge is 0.209 e. The number of hydrogen-bond donors (Lipinski definition) is 0. The van der Waals surface area contributed by atoms with Crippen LogP contribution in [0, 0.1) is 0 Å². The van der Waals surface area contributed by atoms with Crippen LogP contribution in [0.5, 0.6) is 5.75 Å². The first-order chi connectivity index (χ1) is 12.3. The lowest BCUT2D eigenvalue weighted by molar-refractivity contribution is 0.105. The molecular formula is C19H21N3O3. The number of para-hydroxylation sites is 2. The van der Waals surface area contributed by atoms with Gasteiger partial charge in [0.15, 0.2) is 5.58 Å². The second-order valence-electron chi connectivity index (χ2n) is 6.25. The first-order valence-electron chi connectivity index (χ1n) is 8.46. The van der Waals surface area contributed by atoms with Gasteiger partial charge in [-0.1, -0.05) is 12.1 Å². The number of oxazole rings is 1. The Morgan fingerprint density at radius 2 is 2.16 bits per heavy atom. The fourth-order valence-corrected chi connectivity index (χ4v) is 3.26. The van der Waals surface area contributed by atoms with Crippen molar-refractivity contribution in [3.8, 4) is 5.75 Å². The first kappa shape index (κ1) is 16.1. The van der Waals surface area contributed by atoms with Crippen molar-refractivity contribution >= 4 is 11.1 Å². The Morgan fingerprint density at radius 3 is 2.96 bits per heavy atom. The van der Waals surface area contributed by atoms with E-state index in [4.69, 9.17) is 13.9 Å². The molecule has 2 atom stereocenters. The molecule has 130 valence electrons. The molecule has 6 nitrogen and oxygen atoms in total. The molecule has 1 fully saturated rings. The molecule has 0 spiro atoms. The summed E-state index contributed by atoms with van der Waals surface area (Å²) in [5.74, 6) is 1.51. The van der Waals surface area contributed by atoms with E-state index in [9.17, 15) is 0 Å². The third-order valence-corrected chi connectivity index (χ3v) is 4.58. The zero-order valence-corrected chi connectivity index (χ0v) is 14.2. The van der Waals surface area contributed by atoms with Crippen molar-refractivity contribution in [3.63, 3.8) is 0 Å². The molecule has 0 amide bonds. The number of methoxy groups -OCH3 is 1. The van der Waals surface area contributed by atoms with Gasteiger partial charge < -0.3 is 13.9 Å². The quantitative estimate of drug-likeness (QED) is 0.688. The largest absolute Gasteiger partial charge is 0.490 e. The third kappa shape index (κ3) is 3.65. The molecule has 3 aromatic rings. The van der Waals surface area contributed by atoms with Crippen LogP contribution in [0.25, 0.3) is 11.1 Å². The van der Waals surface area contributed by atoms with Gasteiger partial charge in [0.2, 0.25) is 5.89 Å². The monoisotopic (exact) mass is 339 g/mol. The predicted molar refractivity (Wildman–Crippen MR) is 93.4 cm³/mol. The van der Waals surface area contributed by atoms with Crippen molar-refractivity contribution in [3.05, 3.63) is 54.7 Å². The highest BCUT2D eigenvalue weighted by Gasteiger charge is 2.33. The van der Waals surface area contributed by atoms with Crippen molar-refractivity contribution in [2.75, 3.05) is 20.3 Å². The van der Waals surface area contributed by atoms with Gasteiger partial charge in [0.05, 0.1) is 18.8 Å². The predicted octanol–water partition coefficient (Wildman–Crippen LogP) is 2.89. The summed E-state index contributed by atoms with van der Waals surface area (Å²) in [5, 5.41) is 0. The highest BCUT2D eigenvalue weighted by atomic mass is 16.5. The molecule has 6 heteroatoms. The number of rotatable bonds is 6. The standard InChI is InChI=1S/C19H21N3O3/c1-23-16-9-14(13-24-15-5-4-8-20-10-15)22(11-16)12-19-21-17-6-2-3-7-18(17)25-19/h2-8,10,14,16H,9,11-13H2,1H3/t14-,16+/m0/s1. The number of pyridine rings is 1. The Hall–Kier alpha value is -2.44. The van der Waals surface area contributed by atoms with Gasteiger partial charge in [-0.2, -0.15) is 0 Å². The minimum atomic E-state index is 0.201. The summed E-state index contributed by atoms with van der Waals surface area (Å²) in [6.45, 7) is 2.08. The Kier molecular flexibility index (Phi) is 4.63. The van der Waals surface area contributed by atoms with Gasteiger partial charge in [-0.3, -0.25) is 9.88 Å². The fraction of sp³-hybridized carbons (Fsp3) is 0.368. The maximum absolute atomic E-state index is 5.90. The average Bonchev–Trinajstić information content (AvgIpc) is 3.24. The van der Waals surface area contributed by atoms with Crippen molar-refractivity contribution in [2.24, 2.45) is 0 Å². The summed E-state index contributed by atoms with van der Waals surface area (Å²) in [4.78, 5) is 11.0. The second-order valence-corrected chi connectivity index (χ2v) is 6.25. The molecule has 0 saturated carbocycles. The van der Waals surface area contributed by atoms with Gasteiger partial charge in [0.25, 0.3) is 0 Å². The Morgan fingerprint density at radius 1 is 1.24 bits per heavy atom. The summed E-state index contributed by atoms with van der Waals surface area (Å²) in [5.41, 5.74) is 1.71. The molecule has 4 rings (SSSR count). The minimum Gasteiger partial charge on any atom is -0.490 e. The number of nitrogens with zero attached hydrogens (tertiary/aromatic N) is 3. The second kappa shape index (κ2) is 7.21. The van der Waals surface area contributed by atoms with E-state index in [1.54, 1.807) is 19.5 Å². The lowest BCUT2D eigenvalue weighted by Gasteiger charge is -2.22. The fourth-order valence-electron chi connectivity index (χ4n) is 3.26. The molecule has 0 aliphatic carbocycles. The van der Waals surface area contributed by atoms with E-state index in [1.807, 2.05) is 36.4 Å². The highest BCUT2D eigenvalue weighted by molar-refractivity contribution is 5.72. The van der Waals surface area contributed by atoms with Crippen molar-refractivity contribution in [2.45, 2.75) is 25.1 Å². The van der Waals surface area contributed by atoms with Gasteiger partial charge in [0.1, 0.15) is 17.9 Å². The van der Waals surface area contributed by atoms with Gasteiger partial charge in [0, 0.05) is 25.9 Å². The summed E-state index contributed by atoms with van der Waals surface area (Å²) >= 11 is 0. The molecule has 0 N–H and O–H groups in total. The van der Waals surface area contributed by atoms with Gasteiger partial charge in [-0.05, 0) is 30.7 Å². The zero-order valence-electron chi connectivity index (χ0n) is 14.2. The summed E-state index contributed by atoms with van der Waals surface area (Å²) < 4.78 is 17.3. The van der Waals surface area contributed by atoms with Crippen LogP contribution in [0.4, 0.5) is 0 Å². The SMILES string of the molecule is CO[C@@H]1C[C@@H](COc2cccnc2)N(Cc2nc3ccccc3o2)C1.